The van der Waals surface area contributed by atoms with Crippen LogP contribution in [0.5, 0.6) is 23.0 Å². The fraction of sp³-hybridized carbons (Fsp3) is 0.292. The molecule has 1 fully saturated rings. The second kappa shape index (κ2) is 11.2. The molecule has 12 nitrogen and oxygen atoms in total. The van der Waals surface area contributed by atoms with Crippen LogP contribution >= 0.6 is 8.60 Å². The van der Waals surface area contributed by atoms with E-state index in [-0.39, 0.29) is 30.1 Å². The van der Waals surface area contributed by atoms with E-state index in [1.165, 1.54) is 10.9 Å². The summed E-state index contributed by atoms with van der Waals surface area (Å²) >= 11 is 0. The lowest BCUT2D eigenvalue weighted by molar-refractivity contribution is -0.0321. The number of rotatable bonds is 10. The molecular weight excluding hydrogens is 520 g/mol. The van der Waals surface area contributed by atoms with E-state index in [9.17, 15) is 4.79 Å². The number of hydrogen-bond acceptors (Lipinski definition) is 10. The van der Waals surface area contributed by atoms with Gasteiger partial charge in [0.1, 0.15) is 29.2 Å². The van der Waals surface area contributed by atoms with Crippen molar-refractivity contribution in [1.29, 1.82) is 0 Å². The SMILES string of the molecule is COc1ccc(OP(OCC2CC(F)C(n3cnc4c(=O)[nH]c(N)nc43)O2)Oc2ccc(OC)cc2)cc1. The van der Waals surface area contributed by atoms with Gasteiger partial charge in [-0.25, -0.2) is 9.37 Å². The predicted octanol–water partition coefficient (Wildman–Crippen LogP) is 3.75. The molecule has 3 heterocycles. The van der Waals surface area contributed by atoms with Crippen LogP contribution in [0.25, 0.3) is 11.2 Å². The van der Waals surface area contributed by atoms with Gasteiger partial charge in [0.05, 0.1) is 33.3 Å². The maximum absolute atomic E-state index is 15.0. The summed E-state index contributed by atoms with van der Waals surface area (Å²) in [4.78, 5) is 22.5. The van der Waals surface area contributed by atoms with Gasteiger partial charge in [-0.1, -0.05) is 0 Å². The molecule has 2 aromatic heterocycles. The number of halogens is 1. The van der Waals surface area contributed by atoms with Gasteiger partial charge in [-0.15, -0.1) is 0 Å². The molecule has 200 valence electrons. The van der Waals surface area contributed by atoms with Crippen LogP contribution in [0.1, 0.15) is 12.6 Å². The third kappa shape index (κ3) is 5.64. The van der Waals surface area contributed by atoms with E-state index >= 15 is 4.39 Å². The van der Waals surface area contributed by atoms with Crippen LogP contribution in [0, 0.1) is 0 Å². The molecule has 0 bridgehead atoms. The molecule has 0 aliphatic carbocycles. The first kappa shape index (κ1) is 25.7. The molecule has 1 aliphatic heterocycles. The normalized spacial score (nSPS) is 19.1. The van der Waals surface area contributed by atoms with Crippen molar-refractivity contribution >= 4 is 25.7 Å². The van der Waals surface area contributed by atoms with Crippen LogP contribution in [0.4, 0.5) is 10.3 Å². The number of methoxy groups -OCH3 is 2. The summed E-state index contributed by atoms with van der Waals surface area (Å²) in [6.07, 6.45) is -1.75. The van der Waals surface area contributed by atoms with Gasteiger partial charge in [-0.3, -0.25) is 18.9 Å². The fourth-order valence-corrected chi connectivity index (χ4v) is 4.86. The van der Waals surface area contributed by atoms with Crippen LogP contribution < -0.4 is 29.8 Å². The minimum absolute atomic E-state index is 0.0162. The van der Waals surface area contributed by atoms with Crippen LogP contribution in [0.3, 0.4) is 0 Å². The number of aromatic nitrogens is 4. The zero-order valence-electron chi connectivity index (χ0n) is 20.4. The summed E-state index contributed by atoms with van der Waals surface area (Å²) in [5, 5.41) is 0. The van der Waals surface area contributed by atoms with E-state index in [2.05, 4.69) is 15.0 Å². The van der Waals surface area contributed by atoms with Crippen molar-refractivity contribution < 1.29 is 32.2 Å². The number of fused-ring (bicyclic) bond motifs is 1. The third-order valence-electron chi connectivity index (χ3n) is 5.70. The van der Waals surface area contributed by atoms with Crippen LogP contribution in [0.2, 0.25) is 0 Å². The average Bonchev–Trinajstić information content (AvgIpc) is 3.51. The van der Waals surface area contributed by atoms with E-state index in [0.29, 0.717) is 23.0 Å². The highest BCUT2D eigenvalue weighted by molar-refractivity contribution is 7.42. The first-order valence-corrected chi connectivity index (χ1v) is 12.6. The predicted molar refractivity (Wildman–Crippen MR) is 136 cm³/mol. The standard InChI is InChI=1S/C24H25FN5O7P/c1-32-14-3-7-16(8-4-14)36-38(37-17-9-5-15(33-2)6-10-17)34-12-18-11-19(25)23(35-18)30-13-27-20-21(30)28-24(26)29-22(20)31/h3-10,13,18-19,23H,11-12H2,1-2H3,(H3,26,28,29,31). The smallest absolute Gasteiger partial charge is 0.463 e. The van der Waals surface area contributed by atoms with Gasteiger partial charge >= 0.3 is 8.60 Å². The quantitative estimate of drug-likeness (QED) is 0.283. The maximum Gasteiger partial charge on any atom is 0.463 e. The molecule has 0 spiro atoms. The van der Waals surface area contributed by atoms with Gasteiger partial charge in [0.15, 0.2) is 17.4 Å². The lowest BCUT2D eigenvalue weighted by Crippen LogP contribution is -2.19. The Labute approximate surface area is 217 Å². The lowest BCUT2D eigenvalue weighted by Gasteiger charge is -2.20. The molecule has 0 radical (unpaired) electrons. The number of nitrogen functional groups attached to an aromatic ring is 1. The minimum atomic E-state index is -1.95. The van der Waals surface area contributed by atoms with Crippen molar-refractivity contribution in [2.45, 2.75) is 24.9 Å². The van der Waals surface area contributed by atoms with Gasteiger partial charge in [-0.2, -0.15) is 4.98 Å². The van der Waals surface area contributed by atoms with Crippen LogP contribution in [-0.2, 0) is 9.26 Å². The summed E-state index contributed by atoms with van der Waals surface area (Å²) in [6, 6.07) is 13.9. The Bertz CT molecular complexity index is 1380. The third-order valence-corrected chi connectivity index (χ3v) is 6.78. The van der Waals surface area contributed by atoms with Gasteiger partial charge in [0.2, 0.25) is 5.95 Å². The van der Waals surface area contributed by atoms with E-state index in [1.807, 2.05) is 0 Å². The molecule has 0 amide bonds. The first-order chi connectivity index (χ1) is 18.4. The van der Waals surface area contributed by atoms with Gasteiger partial charge in [0.25, 0.3) is 5.56 Å². The molecule has 0 saturated carbocycles. The topological polar surface area (TPSA) is 145 Å². The molecule has 5 rings (SSSR count). The number of alkyl halides is 1. The Hall–Kier alpha value is -3.93. The Morgan fingerprint density at radius 2 is 1.63 bits per heavy atom. The summed E-state index contributed by atoms with van der Waals surface area (Å²) in [5.41, 5.74) is 5.31. The van der Waals surface area contributed by atoms with Crippen molar-refractivity contribution in [3.63, 3.8) is 0 Å². The number of nitrogens with one attached hydrogen (secondary N) is 1. The summed E-state index contributed by atoms with van der Waals surface area (Å²) in [6.45, 7) is -0.0162. The minimum Gasteiger partial charge on any atom is -0.497 e. The Kier molecular flexibility index (Phi) is 7.59. The highest BCUT2D eigenvalue weighted by Crippen LogP contribution is 2.43. The van der Waals surface area contributed by atoms with Crippen molar-refractivity contribution in [3.8, 4) is 23.0 Å². The first-order valence-electron chi connectivity index (χ1n) is 11.5. The Balaban J connectivity index is 1.28. The van der Waals surface area contributed by atoms with Crippen molar-refractivity contribution in [3.05, 3.63) is 65.2 Å². The number of nitrogens with two attached hydrogens (primary N) is 1. The molecule has 2 aromatic carbocycles. The highest BCUT2D eigenvalue weighted by Gasteiger charge is 2.39. The average molecular weight is 545 g/mol. The van der Waals surface area contributed by atoms with E-state index in [1.54, 1.807) is 62.8 Å². The number of anilines is 1. The number of hydrogen-bond donors (Lipinski definition) is 2. The van der Waals surface area contributed by atoms with E-state index in [4.69, 9.17) is 33.5 Å². The highest BCUT2D eigenvalue weighted by atomic mass is 31.2. The largest absolute Gasteiger partial charge is 0.497 e. The molecule has 3 atom stereocenters. The van der Waals surface area contributed by atoms with Crippen molar-refractivity contribution in [2.24, 2.45) is 0 Å². The fourth-order valence-electron chi connectivity index (χ4n) is 3.84. The molecule has 1 saturated heterocycles. The van der Waals surface area contributed by atoms with Crippen molar-refractivity contribution in [1.82, 2.24) is 19.5 Å². The molecule has 4 aromatic rings. The number of nitrogens with zero attached hydrogens (tertiary/aromatic N) is 3. The number of aromatic amines is 1. The molecular formula is C24H25FN5O7P. The summed E-state index contributed by atoms with van der Waals surface area (Å²) < 4.78 is 50.5. The second-order valence-corrected chi connectivity index (χ2v) is 9.30. The summed E-state index contributed by atoms with van der Waals surface area (Å²) in [5.74, 6) is 2.23. The molecule has 1 aliphatic rings. The van der Waals surface area contributed by atoms with Crippen LogP contribution in [0.15, 0.2) is 59.7 Å². The second-order valence-electron chi connectivity index (χ2n) is 8.23. The monoisotopic (exact) mass is 545 g/mol. The van der Waals surface area contributed by atoms with Crippen LogP contribution in [-0.4, -0.2) is 52.6 Å². The number of H-pyrrole nitrogens is 1. The number of benzene rings is 2. The number of imidazole rings is 1. The zero-order chi connectivity index (χ0) is 26.6. The lowest BCUT2D eigenvalue weighted by atomic mass is 10.2. The van der Waals surface area contributed by atoms with E-state index in [0.717, 1.165) is 0 Å². The van der Waals surface area contributed by atoms with Crippen molar-refractivity contribution in [2.75, 3.05) is 26.6 Å². The molecule has 38 heavy (non-hydrogen) atoms. The molecule has 3 N–H and O–H groups in total. The maximum atomic E-state index is 15.0. The zero-order valence-corrected chi connectivity index (χ0v) is 21.3. The van der Waals surface area contributed by atoms with E-state index < -0.39 is 32.7 Å². The summed E-state index contributed by atoms with van der Waals surface area (Å²) in [7, 11) is 1.20. The van der Waals surface area contributed by atoms with Gasteiger partial charge in [-0.05, 0) is 48.5 Å². The Morgan fingerprint density at radius 1 is 1.05 bits per heavy atom. The molecule has 3 unspecified atom stereocenters. The van der Waals surface area contributed by atoms with Gasteiger partial charge in [0, 0.05) is 6.42 Å². The molecule has 14 heteroatoms. The van der Waals surface area contributed by atoms with Gasteiger partial charge < -0.3 is 29.0 Å². The Morgan fingerprint density at radius 3 is 2.21 bits per heavy atom. The number of ether oxygens (including phenoxy) is 3.